The molecule has 0 aliphatic carbocycles. The summed E-state index contributed by atoms with van der Waals surface area (Å²) in [4.78, 5) is 7.48. The lowest BCUT2D eigenvalue weighted by molar-refractivity contribution is 0.409. The molecule has 84 valence electrons. The maximum atomic E-state index is 5.52. The summed E-state index contributed by atoms with van der Waals surface area (Å²) in [6.45, 7) is 0. The molecule has 2 rings (SSSR count). The molecule has 0 fully saturated rings. The van der Waals surface area contributed by atoms with Crippen molar-refractivity contribution in [2.75, 3.05) is 14.2 Å². The van der Waals surface area contributed by atoms with Crippen molar-refractivity contribution in [3.05, 3.63) is 18.0 Å². The second-order valence-electron chi connectivity index (χ2n) is 3.14. The van der Waals surface area contributed by atoms with E-state index in [1.807, 2.05) is 0 Å². The lowest BCUT2D eigenvalue weighted by Gasteiger charge is -2.03. The smallest absolute Gasteiger partial charge is 0.166 e. The normalized spacial score (nSPS) is 10.4. The minimum atomic E-state index is 0.209. The van der Waals surface area contributed by atoms with Crippen molar-refractivity contribution in [2.45, 2.75) is 0 Å². The topological polar surface area (TPSA) is 73.2 Å². The second kappa shape index (κ2) is 3.97. The van der Waals surface area contributed by atoms with E-state index in [1.165, 1.54) is 0 Å². The van der Waals surface area contributed by atoms with Crippen molar-refractivity contribution in [3.8, 4) is 11.5 Å². The number of H-pyrrole nitrogens is 1. The average Bonchev–Trinajstić information content (AvgIpc) is 2.72. The Hall–Kier alpha value is -1.82. The summed E-state index contributed by atoms with van der Waals surface area (Å²) in [6, 6.07) is 3.58. The summed E-state index contributed by atoms with van der Waals surface area (Å²) in [6.07, 6.45) is 0. The highest BCUT2D eigenvalue weighted by molar-refractivity contribution is 7.80. The van der Waals surface area contributed by atoms with Gasteiger partial charge < -0.3 is 20.2 Å². The molecule has 5 nitrogen and oxygen atoms in total. The number of hydrogen-bond donors (Lipinski definition) is 2. The number of thiocarbonyl (C=S) groups is 1. The number of aromatic amines is 1. The van der Waals surface area contributed by atoms with Gasteiger partial charge >= 0.3 is 0 Å². The maximum Gasteiger partial charge on any atom is 0.166 e. The summed E-state index contributed by atoms with van der Waals surface area (Å²) < 4.78 is 10.4. The van der Waals surface area contributed by atoms with Gasteiger partial charge in [0.1, 0.15) is 27.5 Å². The minimum Gasteiger partial charge on any atom is -0.494 e. The number of rotatable bonds is 3. The third-order valence-electron chi connectivity index (χ3n) is 2.24. The molecule has 2 aromatic rings. The number of aromatic nitrogens is 2. The first-order valence-corrected chi connectivity index (χ1v) is 4.98. The lowest BCUT2D eigenvalue weighted by atomic mass is 10.2. The number of fused-ring (bicyclic) bond motifs is 1. The Kier molecular flexibility index (Phi) is 2.66. The van der Waals surface area contributed by atoms with E-state index in [-0.39, 0.29) is 4.99 Å². The minimum absolute atomic E-state index is 0.209. The van der Waals surface area contributed by atoms with E-state index in [4.69, 9.17) is 27.4 Å². The first-order chi connectivity index (χ1) is 7.67. The number of benzene rings is 1. The molecule has 0 atom stereocenters. The van der Waals surface area contributed by atoms with Crippen LogP contribution in [-0.2, 0) is 0 Å². The van der Waals surface area contributed by atoms with Gasteiger partial charge in [-0.25, -0.2) is 4.98 Å². The predicted octanol–water partition coefficient (Wildman–Crippen LogP) is 1.21. The number of nitrogens with two attached hydrogens (primary N) is 1. The van der Waals surface area contributed by atoms with Crippen LogP contribution >= 0.6 is 12.2 Å². The van der Waals surface area contributed by atoms with Crippen LogP contribution in [0.3, 0.4) is 0 Å². The second-order valence-corrected chi connectivity index (χ2v) is 3.58. The summed E-state index contributed by atoms with van der Waals surface area (Å²) in [5.74, 6) is 1.77. The molecule has 0 amide bonds. The molecule has 0 bridgehead atoms. The molecule has 6 heteroatoms. The van der Waals surface area contributed by atoms with Gasteiger partial charge in [-0.3, -0.25) is 0 Å². The number of hydrogen-bond acceptors (Lipinski definition) is 4. The largest absolute Gasteiger partial charge is 0.494 e. The van der Waals surface area contributed by atoms with Crippen LogP contribution in [0.5, 0.6) is 11.5 Å². The molecule has 0 aliphatic rings. The van der Waals surface area contributed by atoms with Gasteiger partial charge in [0, 0.05) is 0 Å². The molecule has 1 aromatic heterocycles. The SMILES string of the molecule is COc1ccc(OC)c2[nH]c(C(N)=S)nc12. The van der Waals surface area contributed by atoms with Crippen LogP contribution in [0.2, 0.25) is 0 Å². The first kappa shape index (κ1) is 10.7. The fourth-order valence-corrected chi connectivity index (χ4v) is 1.59. The van der Waals surface area contributed by atoms with Crippen molar-refractivity contribution >= 4 is 28.2 Å². The molecule has 0 saturated carbocycles. The number of nitrogens with zero attached hydrogens (tertiary/aromatic N) is 1. The zero-order chi connectivity index (χ0) is 11.7. The summed E-state index contributed by atoms with van der Waals surface area (Å²) in [5, 5.41) is 0. The van der Waals surface area contributed by atoms with Gasteiger partial charge in [0.25, 0.3) is 0 Å². The van der Waals surface area contributed by atoms with Crippen molar-refractivity contribution in [1.29, 1.82) is 0 Å². The van der Waals surface area contributed by atoms with E-state index in [2.05, 4.69) is 9.97 Å². The van der Waals surface area contributed by atoms with Crippen molar-refractivity contribution in [2.24, 2.45) is 5.73 Å². The van der Waals surface area contributed by atoms with Crippen molar-refractivity contribution in [1.82, 2.24) is 9.97 Å². The Morgan fingerprint density at radius 2 is 1.94 bits per heavy atom. The highest BCUT2D eigenvalue weighted by Crippen LogP contribution is 2.30. The summed E-state index contributed by atoms with van der Waals surface area (Å²) in [5.41, 5.74) is 6.90. The molecular formula is C10H11N3O2S. The van der Waals surface area contributed by atoms with Crippen LogP contribution in [0.15, 0.2) is 12.1 Å². The monoisotopic (exact) mass is 237 g/mol. The number of imidazole rings is 1. The highest BCUT2D eigenvalue weighted by Gasteiger charge is 2.13. The zero-order valence-corrected chi connectivity index (χ0v) is 9.72. The van der Waals surface area contributed by atoms with Crippen LogP contribution in [0, 0.1) is 0 Å². The van der Waals surface area contributed by atoms with E-state index in [0.29, 0.717) is 22.8 Å². The third-order valence-corrected chi connectivity index (χ3v) is 2.44. The molecule has 16 heavy (non-hydrogen) atoms. The van der Waals surface area contributed by atoms with E-state index in [1.54, 1.807) is 26.4 Å². The van der Waals surface area contributed by atoms with Gasteiger partial charge in [0.2, 0.25) is 0 Å². The van der Waals surface area contributed by atoms with Gasteiger partial charge in [-0.2, -0.15) is 0 Å². The Labute approximate surface area is 97.6 Å². The van der Waals surface area contributed by atoms with Gasteiger partial charge in [0.05, 0.1) is 14.2 Å². The molecule has 0 aliphatic heterocycles. The Morgan fingerprint density at radius 1 is 1.31 bits per heavy atom. The Bertz CT molecular complexity index is 509. The van der Waals surface area contributed by atoms with E-state index in [0.717, 1.165) is 5.52 Å². The van der Waals surface area contributed by atoms with Crippen LogP contribution < -0.4 is 15.2 Å². The van der Waals surface area contributed by atoms with Crippen molar-refractivity contribution in [3.63, 3.8) is 0 Å². The third kappa shape index (κ3) is 1.57. The Morgan fingerprint density at radius 3 is 2.50 bits per heavy atom. The maximum absolute atomic E-state index is 5.52. The van der Waals surface area contributed by atoms with Gasteiger partial charge in [0.15, 0.2) is 5.82 Å². The molecule has 0 radical (unpaired) electrons. The molecule has 3 N–H and O–H groups in total. The summed E-state index contributed by atoms with van der Waals surface area (Å²) in [7, 11) is 3.17. The van der Waals surface area contributed by atoms with Crippen LogP contribution in [0.4, 0.5) is 0 Å². The Balaban J connectivity index is 2.75. The van der Waals surface area contributed by atoms with E-state index >= 15 is 0 Å². The van der Waals surface area contributed by atoms with Crippen LogP contribution in [0.25, 0.3) is 11.0 Å². The lowest BCUT2D eigenvalue weighted by Crippen LogP contribution is -2.10. The molecule has 0 unspecified atom stereocenters. The fraction of sp³-hybridized carbons (Fsp3) is 0.200. The number of methoxy groups -OCH3 is 2. The molecule has 0 spiro atoms. The van der Waals surface area contributed by atoms with E-state index in [9.17, 15) is 0 Å². The highest BCUT2D eigenvalue weighted by atomic mass is 32.1. The molecule has 0 saturated heterocycles. The standard InChI is InChI=1S/C10H11N3O2S/c1-14-5-3-4-6(15-2)8-7(5)12-10(13-8)9(11)16/h3-4H,1-2H3,(H2,11,16)(H,12,13). The number of ether oxygens (including phenoxy) is 2. The fourth-order valence-electron chi connectivity index (χ4n) is 1.50. The van der Waals surface area contributed by atoms with Crippen LogP contribution in [-0.4, -0.2) is 29.2 Å². The van der Waals surface area contributed by atoms with Gasteiger partial charge in [-0.05, 0) is 12.1 Å². The molecular weight excluding hydrogens is 226 g/mol. The zero-order valence-electron chi connectivity index (χ0n) is 8.90. The number of nitrogens with one attached hydrogen (secondary N) is 1. The van der Waals surface area contributed by atoms with Crippen molar-refractivity contribution < 1.29 is 9.47 Å². The van der Waals surface area contributed by atoms with E-state index < -0.39 is 0 Å². The first-order valence-electron chi connectivity index (χ1n) is 4.58. The quantitative estimate of drug-likeness (QED) is 0.785. The van der Waals surface area contributed by atoms with Gasteiger partial charge in [-0.1, -0.05) is 12.2 Å². The summed E-state index contributed by atoms with van der Waals surface area (Å²) >= 11 is 4.86. The molecule has 1 aromatic carbocycles. The predicted molar refractivity (Wildman–Crippen MR) is 65.1 cm³/mol. The molecule has 1 heterocycles. The average molecular weight is 237 g/mol. The van der Waals surface area contributed by atoms with Crippen LogP contribution in [0.1, 0.15) is 5.82 Å². The van der Waals surface area contributed by atoms with Gasteiger partial charge in [-0.15, -0.1) is 0 Å².